The Morgan fingerprint density at radius 1 is 1.69 bits per heavy atom. The summed E-state index contributed by atoms with van der Waals surface area (Å²) in [7, 11) is 0. The molecule has 0 bridgehead atoms. The van der Waals surface area contributed by atoms with Gasteiger partial charge in [-0.05, 0) is 6.07 Å². The van der Waals surface area contributed by atoms with Crippen LogP contribution in [0, 0.1) is 0 Å². The number of amides is 1. The summed E-state index contributed by atoms with van der Waals surface area (Å²) in [6.07, 6.45) is 5.20. The number of rotatable bonds is 3. The fraction of sp³-hybridized carbons (Fsp3) is 0.111. The Morgan fingerprint density at radius 2 is 2.46 bits per heavy atom. The van der Waals surface area contributed by atoms with Gasteiger partial charge < -0.3 is 5.73 Å². The van der Waals surface area contributed by atoms with Gasteiger partial charge in [-0.2, -0.15) is 0 Å². The highest BCUT2D eigenvalue weighted by molar-refractivity contribution is 6.30. The average Bonchev–Trinajstić information content (AvgIpc) is 2.08. The standard InChI is InChI=1S/C9H9ClN2O/c10-9-7(4-2-6-12-9)3-1-5-8(11)13/h1-4,6H,5H2,(H2,11,13). The van der Waals surface area contributed by atoms with Gasteiger partial charge in [-0.15, -0.1) is 0 Å². The fourth-order valence-electron chi connectivity index (χ4n) is 0.825. The van der Waals surface area contributed by atoms with E-state index in [0.717, 1.165) is 5.56 Å². The lowest BCUT2D eigenvalue weighted by Crippen LogP contribution is -2.07. The third-order valence-electron chi connectivity index (χ3n) is 1.40. The molecule has 0 unspecified atom stereocenters. The first-order chi connectivity index (χ1) is 6.20. The molecule has 1 aromatic heterocycles. The first kappa shape index (κ1) is 9.74. The number of primary amides is 1. The SMILES string of the molecule is NC(=O)CC=Cc1cccnc1Cl. The van der Waals surface area contributed by atoms with E-state index in [9.17, 15) is 4.79 Å². The minimum atomic E-state index is -0.365. The molecule has 2 N–H and O–H groups in total. The monoisotopic (exact) mass is 196 g/mol. The van der Waals surface area contributed by atoms with Crippen LogP contribution in [0.5, 0.6) is 0 Å². The number of nitrogens with zero attached hydrogens (tertiary/aromatic N) is 1. The first-order valence-corrected chi connectivity index (χ1v) is 4.13. The van der Waals surface area contributed by atoms with E-state index in [1.807, 2.05) is 6.07 Å². The second-order valence-corrected chi connectivity index (χ2v) is 2.81. The zero-order valence-electron chi connectivity index (χ0n) is 6.90. The zero-order valence-corrected chi connectivity index (χ0v) is 7.66. The molecule has 1 amide bonds. The van der Waals surface area contributed by atoms with Crippen LogP contribution in [-0.2, 0) is 4.79 Å². The molecule has 0 spiro atoms. The largest absolute Gasteiger partial charge is 0.369 e. The molecule has 0 saturated carbocycles. The summed E-state index contributed by atoms with van der Waals surface area (Å²) < 4.78 is 0. The Balaban J connectivity index is 2.68. The predicted octanol–water partition coefficient (Wildman–Crippen LogP) is 1.62. The van der Waals surface area contributed by atoms with Crippen molar-refractivity contribution in [1.29, 1.82) is 0 Å². The number of hydrogen-bond acceptors (Lipinski definition) is 2. The second kappa shape index (κ2) is 4.62. The average molecular weight is 197 g/mol. The summed E-state index contributed by atoms with van der Waals surface area (Å²) in [6, 6.07) is 3.59. The van der Waals surface area contributed by atoms with Gasteiger partial charge in [0.1, 0.15) is 5.15 Å². The van der Waals surface area contributed by atoms with Gasteiger partial charge in [-0.1, -0.05) is 29.8 Å². The van der Waals surface area contributed by atoms with Gasteiger partial charge in [-0.3, -0.25) is 4.79 Å². The molecule has 13 heavy (non-hydrogen) atoms. The summed E-state index contributed by atoms with van der Waals surface area (Å²) in [6.45, 7) is 0. The van der Waals surface area contributed by atoms with E-state index >= 15 is 0 Å². The number of halogens is 1. The third-order valence-corrected chi connectivity index (χ3v) is 1.72. The predicted molar refractivity (Wildman–Crippen MR) is 52.1 cm³/mol. The van der Waals surface area contributed by atoms with Crippen LogP contribution in [0.4, 0.5) is 0 Å². The minimum absolute atomic E-state index is 0.214. The number of aromatic nitrogens is 1. The molecule has 0 aliphatic carbocycles. The van der Waals surface area contributed by atoms with E-state index in [1.54, 1.807) is 24.4 Å². The van der Waals surface area contributed by atoms with E-state index in [0.29, 0.717) is 5.15 Å². The molecular weight excluding hydrogens is 188 g/mol. The lowest BCUT2D eigenvalue weighted by atomic mass is 10.2. The number of carbonyl (C=O) groups is 1. The molecule has 0 radical (unpaired) electrons. The van der Waals surface area contributed by atoms with E-state index in [1.165, 1.54) is 0 Å². The van der Waals surface area contributed by atoms with Crippen molar-refractivity contribution in [3.8, 4) is 0 Å². The molecule has 1 heterocycles. The van der Waals surface area contributed by atoms with E-state index in [-0.39, 0.29) is 12.3 Å². The summed E-state index contributed by atoms with van der Waals surface area (Å²) in [4.78, 5) is 14.3. The first-order valence-electron chi connectivity index (χ1n) is 3.75. The number of nitrogens with two attached hydrogens (primary N) is 1. The zero-order chi connectivity index (χ0) is 9.68. The van der Waals surface area contributed by atoms with Crippen LogP contribution in [0.3, 0.4) is 0 Å². The highest BCUT2D eigenvalue weighted by atomic mass is 35.5. The molecule has 0 fully saturated rings. The van der Waals surface area contributed by atoms with E-state index < -0.39 is 0 Å². The van der Waals surface area contributed by atoms with Crippen molar-refractivity contribution >= 4 is 23.6 Å². The molecule has 68 valence electrons. The summed E-state index contributed by atoms with van der Waals surface area (Å²) in [5, 5.41) is 0.420. The molecule has 0 aliphatic heterocycles. The van der Waals surface area contributed by atoms with Crippen molar-refractivity contribution in [1.82, 2.24) is 4.98 Å². The van der Waals surface area contributed by atoms with Crippen LogP contribution in [0.15, 0.2) is 24.4 Å². The molecule has 0 aliphatic rings. The lowest BCUT2D eigenvalue weighted by molar-refractivity contribution is -0.117. The second-order valence-electron chi connectivity index (χ2n) is 2.46. The Kier molecular flexibility index (Phi) is 3.46. The van der Waals surface area contributed by atoms with Crippen molar-refractivity contribution in [3.63, 3.8) is 0 Å². The number of pyridine rings is 1. The molecule has 0 saturated heterocycles. The van der Waals surface area contributed by atoms with Crippen LogP contribution in [-0.4, -0.2) is 10.9 Å². The maximum atomic E-state index is 10.4. The smallest absolute Gasteiger partial charge is 0.221 e. The molecule has 0 atom stereocenters. The molecular formula is C9H9ClN2O. The quantitative estimate of drug-likeness (QED) is 0.747. The van der Waals surface area contributed by atoms with Gasteiger partial charge in [0.15, 0.2) is 0 Å². The van der Waals surface area contributed by atoms with E-state index in [2.05, 4.69) is 4.98 Å². The van der Waals surface area contributed by atoms with Gasteiger partial charge in [0.2, 0.25) is 5.91 Å². The van der Waals surface area contributed by atoms with Crippen molar-refractivity contribution < 1.29 is 4.79 Å². The molecule has 3 nitrogen and oxygen atoms in total. The normalized spacial score (nSPS) is 10.5. The highest BCUT2D eigenvalue weighted by Gasteiger charge is 1.94. The fourth-order valence-corrected chi connectivity index (χ4v) is 1.01. The van der Waals surface area contributed by atoms with Crippen LogP contribution in [0.25, 0.3) is 6.08 Å². The van der Waals surface area contributed by atoms with Crippen LogP contribution in [0.2, 0.25) is 5.15 Å². The Bertz CT molecular complexity index is 336. The van der Waals surface area contributed by atoms with E-state index in [4.69, 9.17) is 17.3 Å². The van der Waals surface area contributed by atoms with Gasteiger partial charge in [0.25, 0.3) is 0 Å². The lowest BCUT2D eigenvalue weighted by Gasteiger charge is -1.94. The van der Waals surface area contributed by atoms with Gasteiger partial charge in [0.05, 0.1) is 0 Å². The maximum Gasteiger partial charge on any atom is 0.221 e. The van der Waals surface area contributed by atoms with Crippen molar-refractivity contribution in [2.75, 3.05) is 0 Å². The topological polar surface area (TPSA) is 56.0 Å². The van der Waals surface area contributed by atoms with Crippen molar-refractivity contribution in [3.05, 3.63) is 35.1 Å². The molecule has 1 rings (SSSR count). The van der Waals surface area contributed by atoms with Crippen LogP contribution >= 0.6 is 11.6 Å². The summed E-state index contributed by atoms with van der Waals surface area (Å²) >= 11 is 5.76. The highest BCUT2D eigenvalue weighted by Crippen LogP contribution is 2.12. The third kappa shape index (κ3) is 3.25. The van der Waals surface area contributed by atoms with Gasteiger partial charge >= 0.3 is 0 Å². The maximum absolute atomic E-state index is 10.4. The summed E-state index contributed by atoms with van der Waals surface area (Å²) in [5.74, 6) is -0.365. The molecule has 1 aromatic rings. The summed E-state index contributed by atoms with van der Waals surface area (Å²) in [5.41, 5.74) is 5.74. The van der Waals surface area contributed by atoms with Crippen molar-refractivity contribution in [2.24, 2.45) is 5.73 Å². The molecule has 4 heteroatoms. The van der Waals surface area contributed by atoms with Gasteiger partial charge in [-0.25, -0.2) is 4.98 Å². The van der Waals surface area contributed by atoms with Gasteiger partial charge in [0, 0.05) is 18.2 Å². The van der Waals surface area contributed by atoms with Crippen LogP contribution < -0.4 is 5.73 Å². The van der Waals surface area contributed by atoms with Crippen molar-refractivity contribution in [2.45, 2.75) is 6.42 Å². The number of hydrogen-bond donors (Lipinski definition) is 1. The van der Waals surface area contributed by atoms with Crippen LogP contribution in [0.1, 0.15) is 12.0 Å². The Labute approximate surface area is 81.2 Å². The molecule has 0 aromatic carbocycles. The Morgan fingerprint density at radius 3 is 3.08 bits per heavy atom. The number of carbonyl (C=O) groups excluding carboxylic acids is 1. The Hall–Kier alpha value is -1.35. The minimum Gasteiger partial charge on any atom is -0.369 e.